The fourth-order valence-electron chi connectivity index (χ4n) is 2.85. The molecule has 0 fully saturated rings. The summed E-state index contributed by atoms with van der Waals surface area (Å²) in [5, 5.41) is 11.1. The number of rotatable bonds is 2. The molecule has 114 valence electrons. The van der Waals surface area contributed by atoms with Gasteiger partial charge in [-0.15, -0.1) is 6.58 Å². The van der Waals surface area contributed by atoms with E-state index >= 15 is 0 Å². The summed E-state index contributed by atoms with van der Waals surface area (Å²) in [7, 11) is 0. The smallest absolute Gasteiger partial charge is 0.380 e. The van der Waals surface area contributed by atoms with Gasteiger partial charge in [0, 0.05) is 27.3 Å². The van der Waals surface area contributed by atoms with Crippen molar-refractivity contribution in [2.45, 2.75) is 28.0 Å². The fraction of sp³-hybridized carbons (Fsp3) is 0.176. The number of halogens is 3. The number of fused-ring (bicyclic) bond motifs is 2. The maximum Gasteiger partial charge on any atom is 0.416 e. The SMILES string of the molecule is C=CCC1(O)c2ccccc2Sc2cccc(C(F)(F)F)c21. The van der Waals surface area contributed by atoms with Crippen LogP contribution in [0.1, 0.15) is 23.1 Å². The molecule has 22 heavy (non-hydrogen) atoms. The quantitative estimate of drug-likeness (QED) is 0.787. The van der Waals surface area contributed by atoms with Gasteiger partial charge in [-0.25, -0.2) is 0 Å². The highest BCUT2D eigenvalue weighted by atomic mass is 32.2. The summed E-state index contributed by atoms with van der Waals surface area (Å²) in [5.74, 6) is 0. The lowest BCUT2D eigenvalue weighted by Gasteiger charge is -2.37. The van der Waals surface area contributed by atoms with Crippen LogP contribution in [0.25, 0.3) is 0 Å². The zero-order chi connectivity index (χ0) is 16.0. The molecule has 0 radical (unpaired) electrons. The van der Waals surface area contributed by atoms with E-state index in [4.69, 9.17) is 0 Å². The molecular formula is C17H13F3OS. The molecule has 5 heteroatoms. The topological polar surface area (TPSA) is 20.2 Å². The molecule has 0 saturated carbocycles. The number of hydrogen-bond acceptors (Lipinski definition) is 2. The monoisotopic (exact) mass is 322 g/mol. The third kappa shape index (κ3) is 2.25. The van der Waals surface area contributed by atoms with E-state index in [1.54, 1.807) is 30.3 Å². The molecule has 1 aliphatic heterocycles. The molecule has 0 saturated heterocycles. The minimum absolute atomic E-state index is 0.0185. The van der Waals surface area contributed by atoms with Crippen LogP contribution in [0, 0.1) is 0 Å². The summed E-state index contributed by atoms with van der Waals surface area (Å²) in [6, 6.07) is 11.0. The summed E-state index contributed by atoms with van der Waals surface area (Å²) in [6.45, 7) is 3.59. The Bertz CT molecular complexity index is 739. The van der Waals surface area contributed by atoms with E-state index in [1.165, 1.54) is 23.9 Å². The summed E-state index contributed by atoms with van der Waals surface area (Å²) in [5.41, 5.74) is -2.10. The van der Waals surface area contributed by atoms with Crippen molar-refractivity contribution < 1.29 is 18.3 Å². The molecule has 3 rings (SSSR count). The molecule has 2 aromatic rings. The predicted octanol–water partition coefficient (Wildman–Crippen LogP) is 4.98. The predicted molar refractivity (Wildman–Crippen MR) is 79.8 cm³/mol. The molecule has 1 aliphatic rings. The molecule has 0 bridgehead atoms. The van der Waals surface area contributed by atoms with Crippen LogP contribution in [0.2, 0.25) is 0 Å². The van der Waals surface area contributed by atoms with Crippen molar-refractivity contribution in [2.24, 2.45) is 0 Å². The van der Waals surface area contributed by atoms with E-state index in [9.17, 15) is 18.3 Å². The lowest BCUT2D eigenvalue weighted by Crippen LogP contribution is -2.33. The largest absolute Gasteiger partial charge is 0.416 e. The normalized spacial score (nSPS) is 20.2. The first-order valence-electron chi connectivity index (χ1n) is 6.69. The molecule has 1 unspecified atom stereocenters. The second-order valence-corrected chi connectivity index (χ2v) is 6.21. The van der Waals surface area contributed by atoms with Crippen LogP contribution >= 0.6 is 11.8 Å². The minimum atomic E-state index is -4.52. The number of benzene rings is 2. The third-order valence-electron chi connectivity index (χ3n) is 3.74. The maximum absolute atomic E-state index is 13.4. The van der Waals surface area contributed by atoms with E-state index < -0.39 is 17.3 Å². The van der Waals surface area contributed by atoms with E-state index in [1.807, 2.05) is 0 Å². The molecule has 0 aromatic heterocycles. The van der Waals surface area contributed by atoms with Gasteiger partial charge in [0.05, 0.1) is 5.56 Å². The van der Waals surface area contributed by atoms with E-state index in [0.29, 0.717) is 10.5 Å². The van der Waals surface area contributed by atoms with Gasteiger partial charge in [-0.05, 0) is 18.2 Å². The van der Waals surface area contributed by atoms with Crippen molar-refractivity contribution in [1.82, 2.24) is 0 Å². The zero-order valence-electron chi connectivity index (χ0n) is 11.5. The van der Waals surface area contributed by atoms with Crippen molar-refractivity contribution >= 4 is 11.8 Å². The van der Waals surface area contributed by atoms with Gasteiger partial charge in [0.1, 0.15) is 5.60 Å². The number of alkyl halides is 3. The Morgan fingerprint density at radius 2 is 1.77 bits per heavy atom. The first kappa shape index (κ1) is 15.2. The van der Waals surface area contributed by atoms with Gasteiger partial charge < -0.3 is 5.11 Å². The van der Waals surface area contributed by atoms with E-state index in [2.05, 4.69) is 6.58 Å². The Morgan fingerprint density at radius 1 is 1.09 bits per heavy atom. The van der Waals surface area contributed by atoms with E-state index in [0.717, 1.165) is 11.0 Å². The number of hydrogen-bond donors (Lipinski definition) is 1. The van der Waals surface area contributed by atoms with Crippen LogP contribution in [0.4, 0.5) is 13.2 Å². The first-order valence-corrected chi connectivity index (χ1v) is 7.51. The van der Waals surface area contributed by atoms with Crippen LogP contribution < -0.4 is 0 Å². The average Bonchev–Trinajstić information content (AvgIpc) is 2.46. The maximum atomic E-state index is 13.4. The van der Waals surface area contributed by atoms with Crippen molar-refractivity contribution in [1.29, 1.82) is 0 Å². The lowest BCUT2D eigenvalue weighted by atomic mass is 9.80. The Labute approximate surface area is 130 Å². The number of aliphatic hydroxyl groups is 1. The van der Waals surface area contributed by atoms with Crippen molar-refractivity contribution in [2.75, 3.05) is 0 Å². The van der Waals surface area contributed by atoms with Gasteiger partial charge in [-0.3, -0.25) is 0 Å². The summed E-state index contributed by atoms with van der Waals surface area (Å²) < 4.78 is 40.2. The van der Waals surface area contributed by atoms with Gasteiger partial charge in [0.15, 0.2) is 0 Å². The summed E-state index contributed by atoms with van der Waals surface area (Å²) in [4.78, 5) is 1.19. The minimum Gasteiger partial charge on any atom is -0.380 e. The van der Waals surface area contributed by atoms with Gasteiger partial charge in [0.2, 0.25) is 0 Å². The molecule has 0 aliphatic carbocycles. The van der Waals surface area contributed by atoms with Crippen LogP contribution in [-0.4, -0.2) is 5.11 Å². The molecule has 0 amide bonds. The Kier molecular flexibility index (Phi) is 3.57. The lowest BCUT2D eigenvalue weighted by molar-refractivity contribution is -0.140. The molecule has 1 heterocycles. The van der Waals surface area contributed by atoms with Gasteiger partial charge in [0.25, 0.3) is 0 Å². The highest BCUT2D eigenvalue weighted by Gasteiger charge is 2.45. The molecule has 0 spiro atoms. The molecule has 2 aromatic carbocycles. The highest BCUT2D eigenvalue weighted by molar-refractivity contribution is 7.99. The van der Waals surface area contributed by atoms with E-state index in [-0.39, 0.29) is 12.0 Å². The average molecular weight is 322 g/mol. The van der Waals surface area contributed by atoms with Crippen molar-refractivity contribution in [3.05, 3.63) is 71.8 Å². The van der Waals surface area contributed by atoms with Crippen LogP contribution in [-0.2, 0) is 11.8 Å². The third-order valence-corrected chi connectivity index (χ3v) is 4.87. The Balaban J connectivity index is 2.34. The highest BCUT2D eigenvalue weighted by Crippen LogP contribution is 2.53. The Morgan fingerprint density at radius 3 is 2.45 bits per heavy atom. The van der Waals surface area contributed by atoms with Crippen LogP contribution in [0.3, 0.4) is 0 Å². The van der Waals surface area contributed by atoms with Gasteiger partial charge >= 0.3 is 6.18 Å². The molecular weight excluding hydrogens is 309 g/mol. The molecule has 1 N–H and O–H groups in total. The second kappa shape index (κ2) is 5.18. The summed E-state index contributed by atoms with van der Waals surface area (Å²) >= 11 is 1.25. The van der Waals surface area contributed by atoms with Crippen molar-refractivity contribution in [3.63, 3.8) is 0 Å². The molecule has 1 nitrogen and oxygen atoms in total. The molecule has 1 atom stereocenters. The standard InChI is InChI=1S/C17H13F3OS/c1-2-10-16(21)11-6-3-4-8-13(11)22-14-9-5-7-12(15(14)16)17(18,19)20/h2-9,21H,1,10H2. The first-order chi connectivity index (χ1) is 10.4. The van der Waals surface area contributed by atoms with Gasteiger partial charge in [-0.2, -0.15) is 13.2 Å². The van der Waals surface area contributed by atoms with Crippen LogP contribution in [0.5, 0.6) is 0 Å². The summed E-state index contributed by atoms with van der Waals surface area (Å²) in [6.07, 6.45) is -3.05. The van der Waals surface area contributed by atoms with Crippen molar-refractivity contribution in [3.8, 4) is 0 Å². The Hall–Kier alpha value is -1.72. The van der Waals surface area contributed by atoms with Crippen LogP contribution in [0.15, 0.2) is 64.9 Å². The second-order valence-electron chi connectivity index (χ2n) is 5.13. The van der Waals surface area contributed by atoms with Gasteiger partial charge in [-0.1, -0.05) is 42.1 Å². The zero-order valence-corrected chi connectivity index (χ0v) is 12.3. The fourth-order valence-corrected chi connectivity index (χ4v) is 4.11.